The van der Waals surface area contributed by atoms with E-state index in [0.717, 1.165) is 23.3 Å². The maximum atomic E-state index is 13.0. The molecule has 0 saturated carbocycles. The zero-order valence-electron chi connectivity index (χ0n) is 15.3. The number of pyridine rings is 1. The number of alkyl halides is 3. The number of ether oxygens (including phenoxy) is 1. The smallest absolute Gasteiger partial charge is 0.416 e. The molecule has 0 aliphatic carbocycles. The molecular formula is C18H19F3N6O. The van der Waals surface area contributed by atoms with Crippen molar-refractivity contribution in [3.63, 3.8) is 0 Å². The number of methoxy groups -OCH3 is 1. The molecule has 0 atom stereocenters. The van der Waals surface area contributed by atoms with Crippen LogP contribution in [-0.2, 0) is 19.1 Å². The lowest BCUT2D eigenvalue weighted by Crippen LogP contribution is -2.10. The number of nitrogens with zero attached hydrogens (tertiary/aromatic N) is 3. The van der Waals surface area contributed by atoms with E-state index in [2.05, 4.69) is 20.3 Å². The molecule has 10 heteroatoms. The first-order valence-corrected chi connectivity index (χ1v) is 8.43. The summed E-state index contributed by atoms with van der Waals surface area (Å²) in [5.41, 5.74) is 13.0. The molecule has 0 amide bonds. The summed E-state index contributed by atoms with van der Waals surface area (Å²) >= 11 is 0. The number of nitrogen functional groups attached to an aromatic ring is 2. The molecule has 2 heterocycles. The Bertz CT molecular complexity index is 1020. The third kappa shape index (κ3) is 3.71. The van der Waals surface area contributed by atoms with E-state index in [1.165, 1.54) is 13.2 Å². The minimum atomic E-state index is -4.45. The number of aromatic nitrogens is 3. The van der Waals surface area contributed by atoms with Crippen molar-refractivity contribution in [2.24, 2.45) is 0 Å². The van der Waals surface area contributed by atoms with Crippen LogP contribution in [0, 0.1) is 0 Å². The van der Waals surface area contributed by atoms with E-state index >= 15 is 0 Å². The van der Waals surface area contributed by atoms with Gasteiger partial charge in [-0.05, 0) is 35.7 Å². The van der Waals surface area contributed by atoms with E-state index in [0.29, 0.717) is 23.2 Å². The van der Waals surface area contributed by atoms with Gasteiger partial charge < -0.3 is 21.5 Å². The fraction of sp³-hybridized carbons (Fsp3) is 0.278. The van der Waals surface area contributed by atoms with Gasteiger partial charge in [-0.2, -0.15) is 23.1 Å². The van der Waals surface area contributed by atoms with Gasteiger partial charge in [-0.25, -0.2) is 4.98 Å². The quantitative estimate of drug-likeness (QED) is 0.610. The summed E-state index contributed by atoms with van der Waals surface area (Å²) in [6.07, 6.45) is -2.25. The van der Waals surface area contributed by atoms with Crippen LogP contribution in [0.1, 0.15) is 23.6 Å². The number of aryl methyl sites for hydroxylation is 1. The molecule has 0 fully saturated rings. The van der Waals surface area contributed by atoms with E-state index in [1.807, 2.05) is 6.92 Å². The summed E-state index contributed by atoms with van der Waals surface area (Å²) in [4.78, 5) is 12.3. The lowest BCUT2D eigenvalue weighted by atomic mass is 10.0. The van der Waals surface area contributed by atoms with E-state index in [9.17, 15) is 13.2 Å². The van der Waals surface area contributed by atoms with Gasteiger partial charge in [0.2, 0.25) is 5.95 Å². The van der Waals surface area contributed by atoms with Crippen LogP contribution < -0.4 is 21.5 Å². The zero-order chi connectivity index (χ0) is 20.5. The molecule has 0 saturated heterocycles. The van der Waals surface area contributed by atoms with Crippen molar-refractivity contribution in [1.29, 1.82) is 0 Å². The summed E-state index contributed by atoms with van der Waals surface area (Å²) in [6, 6.07) is 3.26. The Morgan fingerprint density at radius 2 is 1.93 bits per heavy atom. The van der Waals surface area contributed by atoms with Crippen molar-refractivity contribution in [3.8, 4) is 5.75 Å². The van der Waals surface area contributed by atoms with Crippen molar-refractivity contribution in [2.75, 3.05) is 23.9 Å². The van der Waals surface area contributed by atoms with Gasteiger partial charge >= 0.3 is 6.18 Å². The Kier molecular flexibility index (Phi) is 5.12. The zero-order valence-corrected chi connectivity index (χ0v) is 15.3. The predicted octanol–water partition coefficient (Wildman–Crippen LogP) is 3.39. The molecule has 1 aromatic carbocycles. The maximum Gasteiger partial charge on any atom is 0.416 e. The summed E-state index contributed by atoms with van der Waals surface area (Å²) in [5, 5.41) is 3.58. The average molecular weight is 392 g/mol. The molecule has 0 aliphatic rings. The second-order valence-electron chi connectivity index (χ2n) is 6.05. The summed E-state index contributed by atoms with van der Waals surface area (Å²) in [7, 11) is 1.39. The number of hydrogen-bond acceptors (Lipinski definition) is 7. The second-order valence-corrected chi connectivity index (χ2v) is 6.05. The van der Waals surface area contributed by atoms with E-state index < -0.39 is 11.7 Å². The molecule has 0 unspecified atom stereocenters. The number of anilines is 3. The van der Waals surface area contributed by atoms with Gasteiger partial charge in [-0.15, -0.1) is 0 Å². The number of hydrogen-bond donors (Lipinski definition) is 3. The van der Waals surface area contributed by atoms with Crippen molar-refractivity contribution in [1.82, 2.24) is 15.0 Å². The van der Waals surface area contributed by atoms with Crippen molar-refractivity contribution >= 4 is 28.5 Å². The number of fused-ring (bicyclic) bond motifs is 1. The van der Waals surface area contributed by atoms with Gasteiger partial charge in [0.15, 0.2) is 5.65 Å². The highest BCUT2D eigenvalue weighted by atomic mass is 19.4. The first kappa shape index (κ1) is 19.5. The van der Waals surface area contributed by atoms with E-state index in [-0.39, 0.29) is 24.0 Å². The summed E-state index contributed by atoms with van der Waals surface area (Å²) < 4.78 is 44.2. The molecule has 2 aromatic heterocycles. The Morgan fingerprint density at radius 1 is 1.18 bits per heavy atom. The van der Waals surface area contributed by atoms with Crippen LogP contribution in [0.25, 0.3) is 11.0 Å². The van der Waals surface area contributed by atoms with Crippen molar-refractivity contribution in [2.45, 2.75) is 26.1 Å². The van der Waals surface area contributed by atoms with Gasteiger partial charge in [0.05, 0.1) is 23.7 Å². The fourth-order valence-corrected chi connectivity index (χ4v) is 3.01. The highest BCUT2D eigenvalue weighted by Crippen LogP contribution is 2.35. The fourth-order valence-electron chi connectivity index (χ4n) is 3.01. The molecule has 3 rings (SSSR count). The lowest BCUT2D eigenvalue weighted by Gasteiger charge is -2.16. The Morgan fingerprint density at radius 3 is 2.57 bits per heavy atom. The Hall–Kier alpha value is -3.30. The molecule has 0 aliphatic heterocycles. The van der Waals surface area contributed by atoms with Gasteiger partial charge in [0.25, 0.3) is 0 Å². The van der Waals surface area contributed by atoms with Gasteiger partial charge in [0, 0.05) is 12.7 Å². The first-order chi connectivity index (χ1) is 13.2. The lowest BCUT2D eigenvalue weighted by molar-refractivity contribution is -0.137. The van der Waals surface area contributed by atoms with Gasteiger partial charge in [-0.3, -0.25) is 0 Å². The van der Waals surface area contributed by atoms with E-state index in [4.69, 9.17) is 16.2 Å². The standard InChI is InChI=1S/C18H19F3N6O/c1-3-11-9(8-25-16-14(11)15(22)26-17(23)27-16)7-24-12-6-10(18(19,20)21)4-5-13(12)28-2/h4-6,8,24H,3,7H2,1-2H3,(H4,22,23,25,26,27). The molecule has 148 valence electrons. The highest BCUT2D eigenvalue weighted by molar-refractivity contribution is 5.90. The molecule has 28 heavy (non-hydrogen) atoms. The van der Waals surface area contributed by atoms with Crippen LogP contribution in [0.4, 0.5) is 30.6 Å². The number of halogens is 3. The number of nitrogens with one attached hydrogen (secondary N) is 1. The SMILES string of the molecule is CCc1c(CNc2cc(C(F)(F)F)ccc2OC)cnc2nc(N)nc(N)c12. The highest BCUT2D eigenvalue weighted by Gasteiger charge is 2.31. The number of nitrogens with two attached hydrogens (primary N) is 2. The third-order valence-electron chi connectivity index (χ3n) is 4.32. The molecule has 3 aromatic rings. The maximum absolute atomic E-state index is 13.0. The van der Waals surface area contributed by atoms with Crippen LogP contribution in [0.15, 0.2) is 24.4 Å². The van der Waals surface area contributed by atoms with Crippen LogP contribution >= 0.6 is 0 Å². The summed E-state index contributed by atoms with van der Waals surface area (Å²) in [5.74, 6) is 0.542. The number of rotatable bonds is 5. The predicted molar refractivity (Wildman–Crippen MR) is 101 cm³/mol. The van der Waals surface area contributed by atoms with Crippen LogP contribution in [0.5, 0.6) is 5.75 Å². The second kappa shape index (κ2) is 7.37. The van der Waals surface area contributed by atoms with Crippen LogP contribution in [-0.4, -0.2) is 22.1 Å². The Labute approximate surface area is 158 Å². The first-order valence-electron chi connectivity index (χ1n) is 8.43. The monoisotopic (exact) mass is 392 g/mol. The van der Waals surface area contributed by atoms with Crippen LogP contribution in [0.3, 0.4) is 0 Å². The molecule has 0 radical (unpaired) electrons. The molecule has 0 spiro atoms. The van der Waals surface area contributed by atoms with Crippen molar-refractivity contribution < 1.29 is 17.9 Å². The molecule has 7 nitrogen and oxygen atoms in total. The number of benzene rings is 1. The van der Waals surface area contributed by atoms with Gasteiger partial charge in [-0.1, -0.05) is 6.92 Å². The minimum Gasteiger partial charge on any atom is -0.495 e. The van der Waals surface area contributed by atoms with Crippen molar-refractivity contribution in [3.05, 3.63) is 41.1 Å². The third-order valence-corrected chi connectivity index (χ3v) is 4.32. The minimum absolute atomic E-state index is 0.0270. The Balaban J connectivity index is 1.98. The molecular weight excluding hydrogens is 373 g/mol. The largest absolute Gasteiger partial charge is 0.495 e. The molecule has 5 N–H and O–H groups in total. The van der Waals surface area contributed by atoms with Crippen LogP contribution in [0.2, 0.25) is 0 Å². The summed E-state index contributed by atoms with van der Waals surface area (Å²) in [6.45, 7) is 2.15. The normalized spacial score (nSPS) is 11.6. The molecule has 0 bridgehead atoms. The topological polar surface area (TPSA) is 112 Å². The van der Waals surface area contributed by atoms with Gasteiger partial charge in [0.1, 0.15) is 11.6 Å². The van der Waals surface area contributed by atoms with E-state index in [1.54, 1.807) is 6.20 Å². The average Bonchev–Trinajstić information content (AvgIpc) is 2.64.